The molecule has 5 heteroatoms. The summed E-state index contributed by atoms with van der Waals surface area (Å²) in [4.78, 5) is 11.8. The van der Waals surface area contributed by atoms with Gasteiger partial charge in [-0.2, -0.15) is 0 Å². The summed E-state index contributed by atoms with van der Waals surface area (Å²) in [6, 6.07) is 7.65. The maximum Gasteiger partial charge on any atom is 0.224 e. The number of hydrogen-bond acceptors (Lipinski definition) is 4. The second-order valence-corrected chi connectivity index (χ2v) is 6.78. The monoisotopic (exact) mass is 321 g/mol. The van der Waals surface area contributed by atoms with Gasteiger partial charge < -0.3 is 20.5 Å². The molecule has 5 nitrogen and oxygen atoms in total. The van der Waals surface area contributed by atoms with Crippen molar-refractivity contribution in [1.82, 2.24) is 10.6 Å². The molecule has 0 heterocycles. The Labute approximate surface area is 139 Å². The van der Waals surface area contributed by atoms with Crippen LogP contribution in [-0.2, 0) is 11.2 Å². The fourth-order valence-corrected chi connectivity index (χ4v) is 1.93. The molecule has 1 aromatic carbocycles. The van der Waals surface area contributed by atoms with Crippen LogP contribution in [0, 0.1) is 6.92 Å². The molecule has 1 aromatic rings. The molecular weight excluding hydrogens is 292 g/mol. The van der Waals surface area contributed by atoms with Gasteiger partial charge in [0, 0.05) is 18.1 Å². The van der Waals surface area contributed by atoms with Crippen LogP contribution in [0.3, 0.4) is 0 Å². The summed E-state index contributed by atoms with van der Waals surface area (Å²) in [6.45, 7) is 12.3. The Kier molecular flexibility index (Phi) is 7.52. The third kappa shape index (κ3) is 9.21. The number of ether oxygens (including phenoxy) is 1. The number of rotatable bonds is 9. The minimum Gasteiger partial charge on any atom is -0.491 e. The van der Waals surface area contributed by atoms with Crippen molar-refractivity contribution in [3.05, 3.63) is 36.8 Å². The Bertz CT molecular complexity index is 478. The number of amides is 1. The van der Waals surface area contributed by atoms with Crippen molar-refractivity contribution in [2.75, 3.05) is 13.2 Å². The van der Waals surface area contributed by atoms with Crippen molar-refractivity contribution in [1.29, 1.82) is 0 Å². The maximum absolute atomic E-state index is 11.8. The number of nitrogens with one attached hydrogen (secondary N) is 2. The van der Waals surface area contributed by atoms with Crippen molar-refractivity contribution in [3.63, 3.8) is 0 Å². The van der Waals surface area contributed by atoms with E-state index >= 15 is 0 Å². The van der Waals surface area contributed by atoms with E-state index in [1.54, 1.807) is 12.1 Å². The minimum absolute atomic E-state index is 0.0612. The van der Waals surface area contributed by atoms with Crippen molar-refractivity contribution in [2.24, 2.45) is 0 Å². The van der Waals surface area contributed by atoms with Crippen LogP contribution in [0.15, 0.2) is 24.3 Å². The number of hydrogen-bond donors (Lipinski definition) is 3. The summed E-state index contributed by atoms with van der Waals surface area (Å²) in [5.41, 5.74) is 0.432. The van der Waals surface area contributed by atoms with E-state index in [-0.39, 0.29) is 12.5 Å². The highest BCUT2D eigenvalue weighted by atomic mass is 16.5. The van der Waals surface area contributed by atoms with E-state index in [2.05, 4.69) is 17.6 Å². The van der Waals surface area contributed by atoms with Gasteiger partial charge in [-0.05, 0) is 38.5 Å². The molecule has 1 amide bonds. The highest BCUT2D eigenvalue weighted by Crippen LogP contribution is 2.13. The molecule has 129 valence electrons. The van der Waals surface area contributed by atoms with Crippen molar-refractivity contribution < 1.29 is 14.6 Å². The largest absolute Gasteiger partial charge is 0.491 e. The zero-order chi connectivity index (χ0) is 17.5. The van der Waals surface area contributed by atoms with Gasteiger partial charge in [-0.1, -0.05) is 26.0 Å². The average molecular weight is 321 g/mol. The molecule has 0 aromatic heterocycles. The smallest absolute Gasteiger partial charge is 0.224 e. The summed E-state index contributed by atoms with van der Waals surface area (Å²) < 4.78 is 5.54. The van der Waals surface area contributed by atoms with Gasteiger partial charge in [-0.3, -0.25) is 4.79 Å². The van der Waals surface area contributed by atoms with Gasteiger partial charge in [0.25, 0.3) is 0 Å². The molecule has 1 atom stereocenters. The first kappa shape index (κ1) is 19.5. The number of carbonyl (C=O) groups excluding carboxylic acids is 1. The van der Waals surface area contributed by atoms with Crippen LogP contribution in [0.4, 0.5) is 0 Å². The van der Waals surface area contributed by atoms with Crippen molar-refractivity contribution in [3.8, 4) is 5.75 Å². The Hall–Kier alpha value is -1.59. The first-order valence-corrected chi connectivity index (χ1v) is 7.95. The third-order valence-corrected chi connectivity index (χ3v) is 2.97. The van der Waals surface area contributed by atoms with Gasteiger partial charge in [0.15, 0.2) is 0 Å². The van der Waals surface area contributed by atoms with Crippen LogP contribution in [0.1, 0.15) is 33.3 Å². The fraction of sp³-hybridized carbons (Fsp3) is 0.556. The Morgan fingerprint density at radius 3 is 2.43 bits per heavy atom. The zero-order valence-electron chi connectivity index (χ0n) is 14.6. The molecule has 0 bridgehead atoms. The fourth-order valence-electron chi connectivity index (χ4n) is 1.93. The van der Waals surface area contributed by atoms with E-state index in [1.165, 1.54) is 0 Å². The van der Waals surface area contributed by atoms with Crippen molar-refractivity contribution in [2.45, 2.75) is 51.8 Å². The summed E-state index contributed by atoms with van der Waals surface area (Å²) in [7, 11) is 0. The quantitative estimate of drug-likeness (QED) is 0.647. The Balaban J connectivity index is 2.40. The first-order valence-electron chi connectivity index (χ1n) is 7.95. The summed E-state index contributed by atoms with van der Waals surface area (Å²) in [5.74, 6) is 0.615. The molecule has 0 aliphatic rings. The van der Waals surface area contributed by atoms with Crippen molar-refractivity contribution >= 4 is 5.91 Å². The Morgan fingerprint density at radius 2 is 1.91 bits per heavy atom. The lowest BCUT2D eigenvalue weighted by Gasteiger charge is -2.20. The molecule has 0 saturated carbocycles. The van der Waals surface area contributed by atoms with Crippen LogP contribution < -0.4 is 15.4 Å². The predicted molar refractivity (Wildman–Crippen MR) is 92.4 cm³/mol. The first-order chi connectivity index (χ1) is 10.7. The molecule has 1 unspecified atom stereocenters. The summed E-state index contributed by atoms with van der Waals surface area (Å²) in [5, 5.41) is 15.8. The lowest BCUT2D eigenvalue weighted by atomic mass is 10.1. The maximum atomic E-state index is 11.8. The van der Waals surface area contributed by atoms with Gasteiger partial charge in [-0.25, -0.2) is 0 Å². The molecule has 23 heavy (non-hydrogen) atoms. The number of aliphatic hydroxyl groups is 1. The minimum atomic E-state index is -0.554. The average Bonchev–Trinajstić information content (AvgIpc) is 2.42. The zero-order valence-corrected chi connectivity index (χ0v) is 14.6. The topological polar surface area (TPSA) is 70.6 Å². The van der Waals surface area contributed by atoms with Crippen LogP contribution in [-0.4, -0.2) is 41.9 Å². The SMILES string of the molecule is [CH2]C(C)(C)NC(=O)Cc1ccc(OCC(O)CNC(C)C)cc1. The molecule has 0 saturated heterocycles. The van der Waals surface area contributed by atoms with E-state index in [1.807, 2.05) is 39.8 Å². The summed E-state index contributed by atoms with van der Waals surface area (Å²) >= 11 is 0. The molecular formula is C18H29N2O3. The molecule has 0 fully saturated rings. The van der Waals surface area contributed by atoms with E-state index < -0.39 is 11.6 Å². The Morgan fingerprint density at radius 1 is 1.30 bits per heavy atom. The second-order valence-electron chi connectivity index (χ2n) is 6.78. The molecule has 1 radical (unpaired) electrons. The highest BCUT2D eigenvalue weighted by molar-refractivity contribution is 5.79. The van der Waals surface area contributed by atoms with Crippen LogP contribution >= 0.6 is 0 Å². The molecule has 3 N–H and O–H groups in total. The van der Waals surface area contributed by atoms with Gasteiger partial charge in [0.05, 0.1) is 6.42 Å². The molecule has 0 aliphatic carbocycles. The predicted octanol–water partition coefficient (Wildman–Crippen LogP) is 1.70. The van der Waals surface area contributed by atoms with Gasteiger partial charge in [0.1, 0.15) is 18.5 Å². The third-order valence-electron chi connectivity index (χ3n) is 2.97. The van der Waals surface area contributed by atoms with Crippen LogP contribution in [0.5, 0.6) is 5.75 Å². The van der Waals surface area contributed by atoms with E-state index in [0.717, 1.165) is 5.56 Å². The van der Waals surface area contributed by atoms with Crippen LogP contribution in [0.25, 0.3) is 0 Å². The number of aliphatic hydroxyl groups excluding tert-OH is 1. The van der Waals surface area contributed by atoms with E-state index in [9.17, 15) is 9.90 Å². The lowest BCUT2D eigenvalue weighted by Crippen LogP contribution is -2.41. The number of carbonyl (C=O) groups is 1. The van der Waals surface area contributed by atoms with Crippen LogP contribution in [0.2, 0.25) is 0 Å². The van der Waals surface area contributed by atoms with E-state index in [4.69, 9.17) is 4.74 Å². The second kappa shape index (κ2) is 8.89. The highest BCUT2D eigenvalue weighted by Gasteiger charge is 2.14. The molecule has 0 spiro atoms. The molecule has 1 rings (SSSR count). The van der Waals surface area contributed by atoms with Gasteiger partial charge >= 0.3 is 0 Å². The standard InChI is InChI=1S/C18H29N2O3/c1-13(2)19-11-15(21)12-23-16-8-6-14(7-9-16)10-17(22)20-18(3,4)5/h6-9,13,15,19,21H,3,10-12H2,1-2,4-5H3,(H,20,22). The van der Waals surface area contributed by atoms with E-state index in [0.29, 0.717) is 24.8 Å². The van der Waals surface area contributed by atoms with Gasteiger partial charge in [0.2, 0.25) is 5.91 Å². The lowest BCUT2D eigenvalue weighted by molar-refractivity contribution is -0.121. The number of benzene rings is 1. The summed E-state index contributed by atoms with van der Waals surface area (Å²) in [6.07, 6.45) is -0.248. The molecule has 0 aliphatic heterocycles. The van der Waals surface area contributed by atoms with Gasteiger partial charge in [-0.15, -0.1) is 0 Å². The normalized spacial score (nSPS) is 13.0.